The van der Waals surface area contributed by atoms with Crippen molar-refractivity contribution in [3.05, 3.63) is 0 Å². The summed E-state index contributed by atoms with van der Waals surface area (Å²) in [5.74, 6) is 0.754. The summed E-state index contributed by atoms with van der Waals surface area (Å²) in [6, 6.07) is -1.58. The first-order chi connectivity index (χ1) is 15.9. The molecule has 0 radical (unpaired) electrons. The maximum atomic E-state index is 13.8. The van der Waals surface area contributed by atoms with E-state index >= 15 is 0 Å². The van der Waals surface area contributed by atoms with Crippen LogP contribution in [0.1, 0.15) is 94.4 Å². The highest BCUT2D eigenvalue weighted by molar-refractivity contribution is 7.92. The third kappa shape index (κ3) is 5.84. The van der Waals surface area contributed by atoms with Crippen LogP contribution >= 0.6 is 0 Å². The number of hydrogen-bond acceptors (Lipinski definition) is 4. The molecule has 1 heterocycles. The first kappa shape index (κ1) is 28.3. The average molecular weight is 510 g/mol. The smallest absolute Gasteiger partial charge is 0.316 e. The van der Waals surface area contributed by atoms with Crippen LogP contribution in [-0.2, 0) is 20.8 Å². The van der Waals surface area contributed by atoms with E-state index in [0.29, 0.717) is 18.2 Å². The van der Waals surface area contributed by atoms with Crippen LogP contribution in [0.3, 0.4) is 0 Å². The molecule has 7 nitrogen and oxygen atoms in total. The van der Waals surface area contributed by atoms with Crippen molar-refractivity contribution in [2.45, 2.75) is 117 Å². The van der Waals surface area contributed by atoms with Crippen molar-refractivity contribution >= 4 is 28.9 Å². The van der Waals surface area contributed by atoms with E-state index in [4.69, 9.17) is 0 Å². The van der Waals surface area contributed by atoms with Crippen LogP contribution in [0.2, 0.25) is 0 Å². The third-order valence-electron chi connectivity index (χ3n) is 8.58. The minimum atomic E-state index is -1.10. The van der Waals surface area contributed by atoms with E-state index in [1.807, 2.05) is 41.5 Å². The fourth-order valence-corrected chi connectivity index (χ4v) is 7.50. The number of rotatable bonds is 6. The lowest BCUT2D eigenvalue weighted by Crippen LogP contribution is -2.63. The molecule has 5 atom stereocenters. The van der Waals surface area contributed by atoms with E-state index in [0.717, 1.165) is 32.1 Å². The molecule has 0 aromatic rings. The van der Waals surface area contributed by atoms with Gasteiger partial charge in [-0.25, -0.2) is 4.79 Å². The monoisotopic (exact) mass is 509 g/mol. The summed E-state index contributed by atoms with van der Waals surface area (Å²) in [4.78, 5) is 41.4. The second kappa shape index (κ2) is 9.55. The molecule has 200 valence electrons. The van der Waals surface area contributed by atoms with Crippen molar-refractivity contribution in [2.24, 2.45) is 22.7 Å². The lowest BCUT2D eigenvalue weighted by Gasteiger charge is -2.41. The standard InChI is InChI=1S/C27H47N3O4S/c1-17(31)20-19-18(26(19,8)9)15-30(20)22(32)21(24(2,3)4)28-23(33)29-27(13-11-10-12-14-27)16-35(34)25(5,6)7/h18-21H,10-16H2,1-9H3,(H2,28,29,33)/t18-,19-,20+,21+,35?/m0/s1. The number of piperidine rings is 1. The van der Waals surface area contributed by atoms with E-state index < -0.39 is 40.2 Å². The number of likely N-dealkylation sites (tertiary alicyclic amines) is 1. The zero-order valence-electron chi connectivity index (χ0n) is 23.2. The molecule has 3 amide bonds. The molecule has 1 aliphatic heterocycles. The number of nitrogens with zero attached hydrogens (tertiary/aromatic N) is 1. The Morgan fingerprint density at radius 1 is 1.06 bits per heavy atom. The molecule has 35 heavy (non-hydrogen) atoms. The van der Waals surface area contributed by atoms with Crippen LogP contribution < -0.4 is 10.6 Å². The fourth-order valence-electron chi connectivity index (χ4n) is 6.20. The summed E-state index contributed by atoms with van der Waals surface area (Å²) in [5.41, 5.74) is -0.996. The van der Waals surface area contributed by atoms with Crippen LogP contribution in [0.25, 0.3) is 0 Å². The molecule has 0 bridgehead atoms. The van der Waals surface area contributed by atoms with Gasteiger partial charge in [-0.2, -0.15) is 0 Å². The number of Topliss-reactive ketones (excluding diaryl/α,β-unsaturated/α-hetero) is 1. The number of nitrogens with one attached hydrogen (secondary N) is 2. The number of hydrogen-bond donors (Lipinski definition) is 2. The molecular weight excluding hydrogens is 462 g/mol. The first-order valence-corrected chi connectivity index (χ1v) is 14.5. The average Bonchev–Trinajstić information content (AvgIpc) is 3.06. The largest absolute Gasteiger partial charge is 0.616 e. The van der Waals surface area contributed by atoms with Crippen molar-refractivity contribution in [2.75, 3.05) is 12.3 Å². The van der Waals surface area contributed by atoms with Gasteiger partial charge in [-0.1, -0.05) is 53.9 Å². The zero-order chi connectivity index (χ0) is 26.6. The van der Waals surface area contributed by atoms with E-state index in [1.165, 1.54) is 0 Å². The minimum Gasteiger partial charge on any atom is -0.616 e. The molecule has 0 aromatic carbocycles. The van der Waals surface area contributed by atoms with Gasteiger partial charge >= 0.3 is 6.03 Å². The van der Waals surface area contributed by atoms with Crippen LogP contribution in [-0.4, -0.2) is 61.8 Å². The summed E-state index contributed by atoms with van der Waals surface area (Å²) in [6.45, 7) is 18.1. The van der Waals surface area contributed by atoms with Gasteiger partial charge in [0.2, 0.25) is 5.91 Å². The SMILES string of the molecule is CC(=O)[C@@H]1[C@@H]2[C@H](CN1C(=O)[C@@H](NC(=O)NC1(C[S+]([O-])C(C)(C)C)CCCCC1)C(C)(C)C)C2(C)C. The molecule has 3 fully saturated rings. The van der Waals surface area contributed by atoms with Crippen molar-refractivity contribution in [1.82, 2.24) is 15.5 Å². The van der Waals surface area contributed by atoms with Crippen molar-refractivity contribution in [3.8, 4) is 0 Å². The van der Waals surface area contributed by atoms with Gasteiger partial charge in [0.25, 0.3) is 0 Å². The third-order valence-corrected chi connectivity index (χ3v) is 10.8. The Hall–Kier alpha value is -1.28. The first-order valence-electron chi connectivity index (χ1n) is 13.2. The van der Waals surface area contributed by atoms with Crippen molar-refractivity contribution in [1.29, 1.82) is 0 Å². The Bertz CT molecular complexity index is 838. The number of ketones is 1. The fraction of sp³-hybridized carbons (Fsp3) is 0.889. The molecule has 2 N–H and O–H groups in total. The predicted molar refractivity (Wildman–Crippen MR) is 140 cm³/mol. The predicted octanol–water partition coefficient (Wildman–Crippen LogP) is 4.02. The molecule has 0 aromatic heterocycles. The quantitative estimate of drug-likeness (QED) is 0.528. The minimum absolute atomic E-state index is 0.0133. The van der Waals surface area contributed by atoms with Crippen molar-refractivity contribution in [3.63, 3.8) is 0 Å². The Morgan fingerprint density at radius 2 is 1.63 bits per heavy atom. The van der Waals surface area contributed by atoms with Gasteiger partial charge in [-0.3, -0.25) is 9.59 Å². The summed E-state index contributed by atoms with van der Waals surface area (Å²) in [7, 11) is 0. The van der Waals surface area contributed by atoms with E-state index in [9.17, 15) is 18.9 Å². The van der Waals surface area contributed by atoms with Gasteiger partial charge in [-0.05, 0) is 74.4 Å². The molecule has 3 rings (SSSR count). The van der Waals surface area contributed by atoms with Gasteiger partial charge < -0.3 is 20.1 Å². The summed E-state index contributed by atoms with van der Waals surface area (Å²) >= 11 is -1.10. The molecule has 1 saturated heterocycles. The molecular formula is C27H47N3O4S. The van der Waals surface area contributed by atoms with Gasteiger partial charge in [0.15, 0.2) is 5.78 Å². The lowest BCUT2D eigenvalue weighted by atomic mass is 9.83. The molecule has 1 unspecified atom stereocenters. The molecule has 2 saturated carbocycles. The summed E-state index contributed by atoms with van der Waals surface area (Å²) in [6.07, 6.45) is 4.64. The summed E-state index contributed by atoms with van der Waals surface area (Å²) < 4.78 is 12.7. The normalized spacial score (nSPS) is 29.1. The highest BCUT2D eigenvalue weighted by Crippen LogP contribution is 2.65. The molecule has 8 heteroatoms. The van der Waals surface area contributed by atoms with Crippen molar-refractivity contribution < 1.29 is 18.9 Å². The van der Waals surface area contributed by atoms with Gasteiger partial charge in [0, 0.05) is 6.54 Å². The molecule has 0 spiro atoms. The highest BCUT2D eigenvalue weighted by Gasteiger charge is 2.69. The molecule has 2 aliphatic carbocycles. The number of carbonyl (C=O) groups excluding carboxylic acids is 3. The Morgan fingerprint density at radius 3 is 2.11 bits per heavy atom. The number of carbonyl (C=O) groups is 3. The molecule has 3 aliphatic rings. The number of urea groups is 1. The Kier molecular flexibility index (Phi) is 7.72. The number of fused-ring (bicyclic) bond motifs is 1. The number of amides is 3. The second-order valence-corrected chi connectivity index (χ2v) is 16.0. The van der Waals surface area contributed by atoms with Crippen LogP contribution in [0.5, 0.6) is 0 Å². The Balaban J connectivity index is 1.76. The van der Waals surface area contributed by atoms with Crippen LogP contribution in [0.4, 0.5) is 4.79 Å². The maximum absolute atomic E-state index is 13.8. The Labute approximate surface area is 215 Å². The second-order valence-electron chi connectivity index (χ2n) is 13.8. The zero-order valence-corrected chi connectivity index (χ0v) is 24.1. The van der Waals surface area contributed by atoms with E-state index in [-0.39, 0.29) is 27.8 Å². The summed E-state index contributed by atoms with van der Waals surface area (Å²) in [5, 5.41) is 6.14. The maximum Gasteiger partial charge on any atom is 0.316 e. The van der Waals surface area contributed by atoms with Gasteiger partial charge in [0.05, 0.1) is 11.6 Å². The van der Waals surface area contributed by atoms with Crippen LogP contribution in [0.15, 0.2) is 0 Å². The van der Waals surface area contributed by atoms with Crippen LogP contribution in [0, 0.1) is 22.7 Å². The highest BCUT2D eigenvalue weighted by atomic mass is 32.2. The topological polar surface area (TPSA) is 102 Å². The van der Waals surface area contributed by atoms with Gasteiger partial charge in [0.1, 0.15) is 16.5 Å². The lowest BCUT2D eigenvalue weighted by molar-refractivity contribution is -0.142. The van der Waals surface area contributed by atoms with E-state index in [1.54, 1.807) is 11.8 Å². The van der Waals surface area contributed by atoms with E-state index in [2.05, 4.69) is 24.5 Å². The van der Waals surface area contributed by atoms with Gasteiger partial charge in [-0.15, -0.1) is 0 Å².